The molecule has 1 N–H and O–H groups in total. The van der Waals surface area contributed by atoms with E-state index in [1.165, 1.54) is 16.8 Å². The molecule has 0 radical (unpaired) electrons. The highest BCUT2D eigenvalue weighted by molar-refractivity contribution is 7.10. The van der Waals surface area contributed by atoms with Gasteiger partial charge in [0.15, 0.2) is 0 Å². The minimum absolute atomic E-state index is 0.0521. The Bertz CT molecular complexity index is 1020. The first kappa shape index (κ1) is 18.2. The van der Waals surface area contributed by atoms with Crippen LogP contribution in [0.3, 0.4) is 0 Å². The van der Waals surface area contributed by atoms with Gasteiger partial charge in [-0.25, -0.2) is 4.39 Å². The zero-order chi connectivity index (χ0) is 19.5. The Kier molecular flexibility index (Phi) is 5.08. The Morgan fingerprint density at radius 1 is 1.25 bits per heavy atom. The van der Waals surface area contributed by atoms with Crippen molar-refractivity contribution < 1.29 is 13.6 Å². The number of rotatable bonds is 6. The topological polar surface area (TPSA) is 60.1 Å². The average molecular weight is 395 g/mol. The van der Waals surface area contributed by atoms with Crippen LogP contribution in [-0.2, 0) is 7.05 Å². The number of amides is 1. The summed E-state index contributed by atoms with van der Waals surface area (Å²) < 4.78 is 20.2. The van der Waals surface area contributed by atoms with Crippen LogP contribution in [0.15, 0.2) is 70.7 Å². The van der Waals surface area contributed by atoms with Gasteiger partial charge in [-0.1, -0.05) is 6.07 Å². The lowest BCUT2D eigenvalue weighted by Gasteiger charge is -2.14. The highest BCUT2D eigenvalue weighted by Crippen LogP contribution is 2.28. The van der Waals surface area contributed by atoms with Crippen molar-refractivity contribution in [1.82, 2.24) is 15.1 Å². The molecule has 4 aromatic rings. The van der Waals surface area contributed by atoms with Gasteiger partial charge in [0, 0.05) is 24.0 Å². The van der Waals surface area contributed by atoms with Gasteiger partial charge in [-0.2, -0.15) is 5.10 Å². The zero-order valence-corrected chi connectivity index (χ0v) is 15.9. The van der Waals surface area contributed by atoms with Crippen molar-refractivity contribution in [2.24, 2.45) is 7.05 Å². The molecule has 0 spiro atoms. The molecule has 0 bridgehead atoms. The molecule has 0 unspecified atom stereocenters. The Hall–Kier alpha value is -3.19. The third kappa shape index (κ3) is 3.75. The lowest BCUT2D eigenvalue weighted by atomic mass is 10.0. The number of hydrogen-bond acceptors (Lipinski definition) is 4. The predicted molar refractivity (Wildman–Crippen MR) is 106 cm³/mol. The van der Waals surface area contributed by atoms with Crippen LogP contribution in [-0.4, -0.2) is 22.2 Å². The average Bonchev–Trinajstić information content (AvgIpc) is 3.45. The van der Waals surface area contributed by atoms with Gasteiger partial charge >= 0.3 is 0 Å². The quantitative estimate of drug-likeness (QED) is 0.525. The van der Waals surface area contributed by atoms with Crippen molar-refractivity contribution in [2.45, 2.75) is 5.92 Å². The molecular formula is C21H18FN3O2S. The molecule has 0 aliphatic carbocycles. The van der Waals surface area contributed by atoms with E-state index in [2.05, 4.69) is 10.4 Å². The first-order valence-corrected chi connectivity index (χ1v) is 9.65. The van der Waals surface area contributed by atoms with Crippen LogP contribution in [0.5, 0.6) is 0 Å². The van der Waals surface area contributed by atoms with E-state index in [1.807, 2.05) is 29.6 Å². The SMILES string of the molecule is Cn1nc(-c2ccc(F)cc2)cc1C(=O)NC[C@@H](c1ccco1)c1cccs1. The van der Waals surface area contributed by atoms with E-state index in [0.717, 1.165) is 16.2 Å². The Morgan fingerprint density at radius 3 is 2.75 bits per heavy atom. The van der Waals surface area contributed by atoms with Crippen LogP contribution in [0.1, 0.15) is 27.0 Å². The fourth-order valence-corrected chi connectivity index (χ4v) is 3.88. The molecule has 3 aromatic heterocycles. The number of halogens is 1. The van der Waals surface area contributed by atoms with Gasteiger partial charge in [0.2, 0.25) is 0 Å². The van der Waals surface area contributed by atoms with Crippen molar-refractivity contribution in [2.75, 3.05) is 6.54 Å². The summed E-state index contributed by atoms with van der Waals surface area (Å²) in [4.78, 5) is 13.9. The van der Waals surface area contributed by atoms with Gasteiger partial charge < -0.3 is 9.73 Å². The molecule has 28 heavy (non-hydrogen) atoms. The van der Waals surface area contributed by atoms with Crippen LogP contribution in [0.4, 0.5) is 4.39 Å². The van der Waals surface area contributed by atoms with Crippen molar-refractivity contribution in [1.29, 1.82) is 0 Å². The number of hydrogen-bond donors (Lipinski definition) is 1. The third-order valence-electron chi connectivity index (χ3n) is 4.49. The molecule has 3 heterocycles. The van der Waals surface area contributed by atoms with E-state index < -0.39 is 0 Å². The summed E-state index contributed by atoms with van der Waals surface area (Å²) in [5.74, 6) is 0.218. The minimum atomic E-state index is -0.310. The summed E-state index contributed by atoms with van der Waals surface area (Å²) in [7, 11) is 1.71. The lowest BCUT2D eigenvalue weighted by molar-refractivity contribution is 0.0942. The molecule has 1 atom stereocenters. The molecule has 0 saturated heterocycles. The first-order chi connectivity index (χ1) is 13.6. The number of furan rings is 1. The maximum atomic E-state index is 13.1. The number of carbonyl (C=O) groups is 1. The van der Waals surface area contributed by atoms with Gasteiger partial charge in [-0.05, 0) is 53.9 Å². The number of carbonyl (C=O) groups excluding carboxylic acids is 1. The molecule has 7 heteroatoms. The normalized spacial score (nSPS) is 12.1. The number of aromatic nitrogens is 2. The van der Waals surface area contributed by atoms with E-state index in [0.29, 0.717) is 17.9 Å². The van der Waals surface area contributed by atoms with Crippen LogP contribution in [0.2, 0.25) is 0 Å². The molecule has 142 valence electrons. The molecule has 1 aromatic carbocycles. The summed E-state index contributed by atoms with van der Waals surface area (Å²) in [5, 5.41) is 9.36. The third-order valence-corrected chi connectivity index (χ3v) is 5.48. The van der Waals surface area contributed by atoms with Gasteiger partial charge in [0.25, 0.3) is 5.91 Å². The minimum Gasteiger partial charge on any atom is -0.469 e. The number of thiophene rings is 1. The number of benzene rings is 1. The van der Waals surface area contributed by atoms with Crippen molar-refractivity contribution >= 4 is 17.2 Å². The number of aryl methyl sites for hydroxylation is 1. The summed E-state index contributed by atoms with van der Waals surface area (Å²) >= 11 is 1.62. The molecule has 0 saturated carbocycles. The molecule has 5 nitrogen and oxygen atoms in total. The van der Waals surface area contributed by atoms with E-state index in [9.17, 15) is 9.18 Å². The van der Waals surface area contributed by atoms with Gasteiger partial charge in [0.05, 0.1) is 17.9 Å². The van der Waals surface area contributed by atoms with E-state index in [1.54, 1.807) is 42.8 Å². The summed E-state index contributed by atoms with van der Waals surface area (Å²) in [6.07, 6.45) is 1.63. The second kappa shape index (κ2) is 7.82. The van der Waals surface area contributed by atoms with E-state index in [4.69, 9.17) is 4.42 Å². The summed E-state index contributed by atoms with van der Waals surface area (Å²) in [5.41, 5.74) is 1.81. The van der Waals surface area contributed by atoms with Crippen molar-refractivity contribution in [3.8, 4) is 11.3 Å². The maximum absolute atomic E-state index is 13.1. The van der Waals surface area contributed by atoms with Crippen molar-refractivity contribution in [3.63, 3.8) is 0 Å². The number of nitrogens with zero attached hydrogens (tertiary/aromatic N) is 2. The zero-order valence-electron chi connectivity index (χ0n) is 15.1. The first-order valence-electron chi connectivity index (χ1n) is 8.77. The lowest BCUT2D eigenvalue weighted by Crippen LogP contribution is -2.30. The summed E-state index contributed by atoms with van der Waals surface area (Å²) in [6.45, 7) is 0.407. The van der Waals surface area contributed by atoms with Crippen molar-refractivity contribution in [3.05, 3.63) is 88.4 Å². The smallest absolute Gasteiger partial charge is 0.269 e. The molecule has 4 rings (SSSR count). The Morgan fingerprint density at radius 2 is 2.07 bits per heavy atom. The largest absolute Gasteiger partial charge is 0.469 e. The summed E-state index contributed by atoms with van der Waals surface area (Å²) in [6, 6.07) is 15.5. The Balaban J connectivity index is 1.51. The maximum Gasteiger partial charge on any atom is 0.269 e. The molecule has 0 aliphatic heterocycles. The van der Waals surface area contributed by atoms with Crippen LogP contribution in [0, 0.1) is 5.82 Å². The molecule has 1 amide bonds. The van der Waals surface area contributed by atoms with Crippen LogP contribution < -0.4 is 5.32 Å². The van der Waals surface area contributed by atoms with E-state index in [-0.39, 0.29) is 17.6 Å². The second-order valence-electron chi connectivity index (χ2n) is 6.34. The van der Waals surface area contributed by atoms with Gasteiger partial charge in [-0.3, -0.25) is 9.48 Å². The highest BCUT2D eigenvalue weighted by atomic mass is 32.1. The van der Waals surface area contributed by atoms with Gasteiger partial charge in [0.1, 0.15) is 17.3 Å². The fourth-order valence-electron chi connectivity index (χ4n) is 3.05. The van der Waals surface area contributed by atoms with E-state index >= 15 is 0 Å². The van der Waals surface area contributed by atoms with Crippen LogP contribution in [0.25, 0.3) is 11.3 Å². The monoisotopic (exact) mass is 395 g/mol. The second-order valence-corrected chi connectivity index (χ2v) is 7.32. The Labute approximate surface area is 165 Å². The molecular weight excluding hydrogens is 377 g/mol. The van der Waals surface area contributed by atoms with Crippen LogP contribution >= 0.6 is 11.3 Å². The fraction of sp³-hybridized carbons (Fsp3) is 0.143. The highest BCUT2D eigenvalue weighted by Gasteiger charge is 2.21. The van der Waals surface area contributed by atoms with Gasteiger partial charge in [-0.15, -0.1) is 11.3 Å². The standard InChI is InChI=1S/C21H18FN3O2S/c1-25-18(12-17(24-25)14-6-8-15(22)9-7-14)21(26)23-13-16(19-4-2-10-27-19)20-5-3-11-28-20/h2-12,16H,13H2,1H3,(H,23,26)/t16-/m0/s1. The molecule has 0 aliphatic rings. The predicted octanol–water partition coefficient (Wildman–Crippen LogP) is 4.44. The number of nitrogens with one attached hydrogen (secondary N) is 1. The molecule has 0 fully saturated rings.